The Balaban J connectivity index is 1.76. The summed E-state index contributed by atoms with van der Waals surface area (Å²) < 4.78 is 31.3. The Morgan fingerprint density at radius 3 is 2.91 bits per heavy atom. The molecule has 0 bridgehead atoms. The molecule has 1 aromatic carbocycles. The van der Waals surface area contributed by atoms with Crippen LogP contribution >= 0.6 is 0 Å². The van der Waals surface area contributed by atoms with Crippen LogP contribution in [-0.4, -0.2) is 38.7 Å². The van der Waals surface area contributed by atoms with E-state index in [2.05, 4.69) is 10.1 Å². The minimum atomic E-state index is -0.990. The SMILES string of the molecule is O=C(O)C1CCCCN1Cc1nc(-c2ccc(F)c(F)c2)no1. The number of carbonyl (C=O) groups is 1. The Hall–Kier alpha value is -2.35. The van der Waals surface area contributed by atoms with Crippen LogP contribution in [0.25, 0.3) is 11.4 Å². The van der Waals surface area contributed by atoms with Crippen molar-refractivity contribution in [3.63, 3.8) is 0 Å². The summed E-state index contributed by atoms with van der Waals surface area (Å²) >= 11 is 0. The molecule has 0 amide bonds. The number of halogens is 2. The number of piperidine rings is 1. The summed E-state index contributed by atoms with van der Waals surface area (Å²) in [6.45, 7) is 0.855. The molecular weight excluding hydrogens is 308 g/mol. The van der Waals surface area contributed by atoms with Gasteiger partial charge in [-0.05, 0) is 37.6 Å². The van der Waals surface area contributed by atoms with Gasteiger partial charge in [0.25, 0.3) is 0 Å². The average molecular weight is 323 g/mol. The predicted molar refractivity (Wildman–Crippen MR) is 75.3 cm³/mol. The van der Waals surface area contributed by atoms with E-state index in [4.69, 9.17) is 4.52 Å². The number of nitrogens with zero attached hydrogens (tertiary/aromatic N) is 3. The van der Waals surface area contributed by atoms with Gasteiger partial charge in [-0.25, -0.2) is 8.78 Å². The van der Waals surface area contributed by atoms with Gasteiger partial charge in [-0.15, -0.1) is 0 Å². The van der Waals surface area contributed by atoms with E-state index in [0.29, 0.717) is 18.5 Å². The maximum atomic E-state index is 13.2. The van der Waals surface area contributed by atoms with Crippen molar-refractivity contribution in [2.45, 2.75) is 31.8 Å². The number of hydrogen-bond donors (Lipinski definition) is 1. The highest BCUT2D eigenvalue weighted by atomic mass is 19.2. The number of carboxylic acid groups (broad SMARTS) is 1. The third-order valence-corrected chi connectivity index (χ3v) is 3.88. The average Bonchev–Trinajstić information content (AvgIpc) is 2.99. The molecule has 2 aromatic rings. The maximum absolute atomic E-state index is 13.2. The highest BCUT2D eigenvalue weighted by Crippen LogP contribution is 2.22. The zero-order valence-corrected chi connectivity index (χ0v) is 12.2. The number of benzene rings is 1. The Morgan fingerprint density at radius 2 is 2.17 bits per heavy atom. The first kappa shape index (κ1) is 15.5. The van der Waals surface area contributed by atoms with E-state index in [1.165, 1.54) is 6.07 Å². The summed E-state index contributed by atoms with van der Waals surface area (Å²) in [5.74, 6) is -2.42. The summed E-state index contributed by atoms with van der Waals surface area (Å²) in [7, 11) is 0. The fourth-order valence-corrected chi connectivity index (χ4v) is 2.71. The van der Waals surface area contributed by atoms with Crippen molar-refractivity contribution in [1.82, 2.24) is 15.0 Å². The molecule has 0 saturated carbocycles. The first-order valence-corrected chi connectivity index (χ1v) is 7.29. The molecule has 1 unspecified atom stereocenters. The second-order valence-corrected chi connectivity index (χ2v) is 5.46. The van der Waals surface area contributed by atoms with Crippen molar-refractivity contribution >= 4 is 5.97 Å². The smallest absolute Gasteiger partial charge is 0.320 e. The fourth-order valence-electron chi connectivity index (χ4n) is 2.71. The molecule has 1 saturated heterocycles. The van der Waals surface area contributed by atoms with Gasteiger partial charge in [-0.3, -0.25) is 9.69 Å². The third kappa shape index (κ3) is 3.37. The quantitative estimate of drug-likeness (QED) is 0.931. The lowest BCUT2D eigenvalue weighted by molar-refractivity contribution is -0.145. The Bertz CT molecular complexity index is 720. The highest BCUT2D eigenvalue weighted by molar-refractivity contribution is 5.73. The van der Waals surface area contributed by atoms with Crippen LogP contribution in [0.4, 0.5) is 8.78 Å². The van der Waals surface area contributed by atoms with E-state index in [1.54, 1.807) is 4.90 Å². The number of rotatable bonds is 4. The van der Waals surface area contributed by atoms with Crippen molar-refractivity contribution in [3.8, 4) is 11.4 Å². The normalized spacial score (nSPS) is 19.0. The Labute approximate surface area is 130 Å². The van der Waals surface area contributed by atoms with Gasteiger partial charge in [0.2, 0.25) is 11.7 Å². The molecule has 2 heterocycles. The molecule has 6 nitrogen and oxygen atoms in total. The van der Waals surface area contributed by atoms with Gasteiger partial charge in [0, 0.05) is 5.56 Å². The number of hydrogen-bond acceptors (Lipinski definition) is 5. The molecule has 8 heteroatoms. The van der Waals surface area contributed by atoms with E-state index in [-0.39, 0.29) is 18.3 Å². The third-order valence-electron chi connectivity index (χ3n) is 3.88. The number of carboxylic acids is 1. The first-order valence-electron chi connectivity index (χ1n) is 7.29. The van der Waals surface area contributed by atoms with Gasteiger partial charge >= 0.3 is 5.97 Å². The second kappa shape index (κ2) is 6.41. The van der Waals surface area contributed by atoms with Crippen LogP contribution in [0.15, 0.2) is 22.7 Å². The molecule has 1 atom stereocenters. The maximum Gasteiger partial charge on any atom is 0.320 e. The number of likely N-dealkylation sites (tertiary alicyclic amines) is 1. The largest absolute Gasteiger partial charge is 0.480 e. The molecular formula is C15H15F2N3O3. The lowest BCUT2D eigenvalue weighted by atomic mass is 10.0. The molecule has 122 valence electrons. The zero-order chi connectivity index (χ0) is 16.4. The van der Waals surface area contributed by atoms with E-state index in [1.807, 2.05) is 0 Å². The van der Waals surface area contributed by atoms with Crippen LogP contribution in [0.5, 0.6) is 0 Å². The van der Waals surface area contributed by atoms with Gasteiger partial charge in [0.1, 0.15) is 6.04 Å². The summed E-state index contributed by atoms with van der Waals surface area (Å²) in [6, 6.07) is 2.77. The minimum Gasteiger partial charge on any atom is -0.480 e. The molecule has 1 fully saturated rings. The monoisotopic (exact) mass is 323 g/mol. The van der Waals surface area contributed by atoms with Crippen LogP contribution in [0.1, 0.15) is 25.2 Å². The molecule has 1 N–H and O–H groups in total. The summed E-state index contributed by atoms with van der Waals surface area (Å²) in [6.07, 6.45) is 2.37. The van der Waals surface area contributed by atoms with Crippen LogP contribution in [-0.2, 0) is 11.3 Å². The molecule has 0 radical (unpaired) electrons. The number of aromatic nitrogens is 2. The summed E-state index contributed by atoms with van der Waals surface area (Å²) in [4.78, 5) is 17.2. The summed E-state index contributed by atoms with van der Waals surface area (Å²) in [5.41, 5.74) is 0.298. The lowest BCUT2D eigenvalue weighted by Crippen LogP contribution is -2.44. The highest BCUT2D eigenvalue weighted by Gasteiger charge is 2.29. The van der Waals surface area contributed by atoms with E-state index >= 15 is 0 Å². The van der Waals surface area contributed by atoms with Gasteiger partial charge < -0.3 is 9.63 Å². The van der Waals surface area contributed by atoms with Crippen LogP contribution in [0, 0.1) is 11.6 Å². The molecule has 1 aliphatic rings. The van der Waals surface area contributed by atoms with Crippen molar-refractivity contribution < 1.29 is 23.2 Å². The minimum absolute atomic E-state index is 0.141. The van der Waals surface area contributed by atoms with Crippen molar-refractivity contribution in [2.24, 2.45) is 0 Å². The van der Waals surface area contributed by atoms with E-state index < -0.39 is 23.6 Å². The second-order valence-electron chi connectivity index (χ2n) is 5.46. The number of aliphatic carboxylic acids is 1. The first-order chi connectivity index (χ1) is 11.0. The Morgan fingerprint density at radius 1 is 1.35 bits per heavy atom. The summed E-state index contributed by atoms with van der Waals surface area (Å²) in [5, 5.41) is 13.0. The standard InChI is InChI=1S/C15H15F2N3O3/c16-10-5-4-9(7-11(10)17)14-18-13(23-19-14)8-20-6-2-1-3-12(20)15(21)22/h4-5,7,12H,1-3,6,8H2,(H,21,22). The van der Waals surface area contributed by atoms with Gasteiger partial charge in [0.15, 0.2) is 11.6 Å². The van der Waals surface area contributed by atoms with Gasteiger partial charge in [0.05, 0.1) is 6.54 Å². The molecule has 1 aliphatic heterocycles. The molecule has 1 aromatic heterocycles. The predicted octanol–water partition coefficient (Wildman–Crippen LogP) is 2.45. The fraction of sp³-hybridized carbons (Fsp3) is 0.400. The van der Waals surface area contributed by atoms with Crippen molar-refractivity contribution in [3.05, 3.63) is 35.7 Å². The van der Waals surface area contributed by atoms with Crippen LogP contribution in [0.2, 0.25) is 0 Å². The van der Waals surface area contributed by atoms with E-state index in [0.717, 1.165) is 25.0 Å². The topological polar surface area (TPSA) is 79.5 Å². The molecule has 23 heavy (non-hydrogen) atoms. The van der Waals surface area contributed by atoms with Gasteiger partial charge in [-0.2, -0.15) is 4.98 Å². The molecule has 0 spiro atoms. The molecule has 0 aliphatic carbocycles. The van der Waals surface area contributed by atoms with Crippen molar-refractivity contribution in [1.29, 1.82) is 0 Å². The van der Waals surface area contributed by atoms with E-state index in [9.17, 15) is 18.7 Å². The molecule has 3 rings (SSSR count). The van der Waals surface area contributed by atoms with Crippen LogP contribution in [0.3, 0.4) is 0 Å². The lowest BCUT2D eigenvalue weighted by Gasteiger charge is -2.31. The van der Waals surface area contributed by atoms with Crippen molar-refractivity contribution in [2.75, 3.05) is 6.54 Å². The van der Waals surface area contributed by atoms with Crippen LogP contribution < -0.4 is 0 Å². The Kier molecular flexibility index (Phi) is 4.33. The van der Waals surface area contributed by atoms with Gasteiger partial charge in [-0.1, -0.05) is 11.6 Å². The zero-order valence-electron chi connectivity index (χ0n) is 12.2.